The van der Waals surface area contributed by atoms with Crippen LogP contribution in [0.25, 0.3) is 0 Å². The zero-order chi connectivity index (χ0) is 13.5. The maximum atomic E-state index is 10.0. The molecule has 19 heavy (non-hydrogen) atoms. The normalized spacial score (nSPS) is 18.4. The molecule has 1 unspecified atom stereocenters. The van der Waals surface area contributed by atoms with Crippen LogP contribution in [0.2, 0.25) is 0 Å². The van der Waals surface area contributed by atoms with Crippen LogP contribution in [0.15, 0.2) is 24.3 Å². The fraction of sp³-hybridized carbons (Fsp3) is 0.647. The maximum absolute atomic E-state index is 10.0. The molecule has 0 bridgehead atoms. The van der Waals surface area contributed by atoms with Crippen molar-refractivity contribution in [1.29, 1.82) is 0 Å². The third kappa shape index (κ3) is 3.97. The molecule has 0 saturated carbocycles. The zero-order valence-electron chi connectivity index (χ0n) is 12.1. The molecule has 0 radical (unpaired) electrons. The summed E-state index contributed by atoms with van der Waals surface area (Å²) < 4.78 is 0. The van der Waals surface area contributed by atoms with E-state index in [1.165, 1.54) is 44.2 Å². The highest BCUT2D eigenvalue weighted by Crippen LogP contribution is 2.33. The molecule has 2 heteroatoms. The Morgan fingerprint density at radius 3 is 2.68 bits per heavy atom. The smallest absolute Gasteiger partial charge is 0.0826 e. The third-order valence-electron chi connectivity index (χ3n) is 4.09. The minimum atomic E-state index is -0.267. The summed E-state index contributed by atoms with van der Waals surface area (Å²) in [6, 6.07) is 8.31. The Bertz CT molecular complexity index is 377. The SMILES string of the molecule is CCCCCCCCN1CCC(O)c2ccccc21. The Balaban J connectivity index is 1.80. The number of benzene rings is 1. The van der Waals surface area contributed by atoms with Gasteiger partial charge in [0.1, 0.15) is 0 Å². The molecule has 1 aliphatic heterocycles. The molecule has 106 valence electrons. The van der Waals surface area contributed by atoms with Gasteiger partial charge in [-0.1, -0.05) is 57.2 Å². The van der Waals surface area contributed by atoms with Crippen LogP contribution in [0, 0.1) is 0 Å². The molecule has 0 aromatic heterocycles. The average Bonchev–Trinajstić information content (AvgIpc) is 2.45. The largest absolute Gasteiger partial charge is 0.388 e. The van der Waals surface area contributed by atoms with Crippen LogP contribution in [0.5, 0.6) is 0 Å². The third-order valence-corrected chi connectivity index (χ3v) is 4.09. The lowest BCUT2D eigenvalue weighted by molar-refractivity contribution is 0.164. The molecule has 1 atom stereocenters. The first-order valence-electron chi connectivity index (χ1n) is 7.85. The van der Waals surface area contributed by atoms with Gasteiger partial charge in [0.25, 0.3) is 0 Å². The molecule has 2 rings (SSSR count). The number of nitrogens with zero attached hydrogens (tertiary/aromatic N) is 1. The summed E-state index contributed by atoms with van der Waals surface area (Å²) in [6.07, 6.45) is 8.65. The molecule has 0 aliphatic carbocycles. The van der Waals surface area contributed by atoms with Crippen molar-refractivity contribution in [2.75, 3.05) is 18.0 Å². The van der Waals surface area contributed by atoms with Crippen LogP contribution in [0.3, 0.4) is 0 Å². The second-order valence-corrected chi connectivity index (χ2v) is 5.62. The summed E-state index contributed by atoms with van der Waals surface area (Å²) in [4.78, 5) is 2.45. The highest BCUT2D eigenvalue weighted by atomic mass is 16.3. The summed E-state index contributed by atoms with van der Waals surface area (Å²) >= 11 is 0. The quantitative estimate of drug-likeness (QED) is 0.740. The second kappa shape index (κ2) is 7.54. The fourth-order valence-electron chi connectivity index (χ4n) is 2.93. The van der Waals surface area contributed by atoms with Crippen molar-refractivity contribution in [3.05, 3.63) is 29.8 Å². The van der Waals surface area contributed by atoms with Crippen molar-refractivity contribution in [2.24, 2.45) is 0 Å². The number of aliphatic hydroxyl groups excluding tert-OH is 1. The molecule has 0 saturated heterocycles. The van der Waals surface area contributed by atoms with Crippen LogP contribution in [0.1, 0.15) is 63.5 Å². The number of hydrogen-bond donors (Lipinski definition) is 1. The number of fused-ring (bicyclic) bond motifs is 1. The number of anilines is 1. The predicted octanol–water partition coefficient (Wildman–Crippen LogP) is 4.29. The van der Waals surface area contributed by atoms with E-state index in [4.69, 9.17) is 0 Å². The van der Waals surface area contributed by atoms with E-state index in [9.17, 15) is 5.11 Å². The van der Waals surface area contributed by atoms with Crippen LogP contribution in [-0.2, 0) is 0 Å². The Labute approximate surface area is 117 Å². The Morgan fingerprint density at radius 1 is 1.11 bits per heavy atom. The molecular weight excluding hydrogens is 234 g/mol. The minimum absolute atomic E-state index is 0.267. The van der Waals surface area contributed by atoms with Crippen molar-refractivity contribution < 1.29 is 5.11 Å². The molecule has 2 nitrogen and oxygen atoms in total. The summed E-state index contributed by atoms with van der Waals surface area (Å²) in [6.45, 7) is 4.39. The Morgan fingerprint density at radius 2 is 1.84 bits per heavy atom. The average molecular weight is 261 g/mol. The van der Waals surface area contributed by atoms with Gasteiger partial charge in [0.2, 0.25) is 0 Å². The van der Waals surface area contributed by atoms with Gasteiger partial charge in [-0.05, 0) is 18.9 Å². The molecule has 1 N–H and O–H groups in total. The topological polar surface area (TPSA) is 23.5 Å². The molecular formula is C17H27NO. The zero-order valence-corrected chi connectivity index (χ0v) is 12.1. The van der Waals surface area contributed by atoms with E-state index in [1.807, 2.05) is 6.07 Å². The van der Waals surface area contributed by atoms with Crippen molar-refractivity contribution in [2.45, 2.75) is 58.0 Å². The van der Waals surface area contributed by atoms with Crippen molar-refractivity contribution >= 4 is 5.69 Å². The van der Waals surface area contributed by atoms with Gasteiger partial charge in [0.05, 0.1) is 6.10 Å². The second-order valence-electron chi connectivity index (χ2n) is 5.62. The first-order valence-corrected chi connectivity index (χ1v) is 7.85. The van der Waals surface area contributed by atoms with Crippen LogP contribution in [-0.4, -0.2) is 18.2 Å². The van der Waals surface area contributed by atoms with Crippen molar-refractivity contribution in [3.8, 4) is 0 Å². The summed E-state index contributed by atoms with van der Waals surface area (Å²) in [5.41, 5.74) is 2.36. The molecule has 1 aromatic carbocycles. The van der Waals surface area contributed by atoms with E-state index < -0.39 is 0 Å². The lowest BCUT2D eigenvalue weighted by Crippen LogP contribution is -2.32. The van der Waals surface area contributed by atoms with Gasteiger partial charge in [-0.3, -0.25) is 0 Å². The van der Waals surface area contributed by atoms with Gasteiger partial charge in [0, 0.05) is 24.3 Å². The number of aliphatic hydroxyl groups is 1. The predicted molar refractivity (Wildman–Crippen MR) is 81.6 cm³/mol. The van der Waals surface area contributed by atoms with Gasteiger partial charge >= 0.3 is 0 Å². The van der Waals surface area contributed by atoms with Gasteiger partial charge in [-0.25, -0.2) is 0 Å². The maximum Gasteiger partial charge on any atom is 0.0826 e. The van der Waals surface area contributed by atoms with E-state index in [0.717, 1.165) is 25.1 Å². The number of unbranched alkanes of at least 4 members (excludes halogenated alkanes) is 5. The van der Waals surface area contributed by atoms with Gasteiger partial charge < -0.3 is 10.0 Å². The van der Waals surface area contributed by atoms with E-state index in [0.29, 0.717) is 0 Å². The molecule has 1 heterocycles. The first kappa shape index (κ1) is 14.4. The molecule has 0 fully saturated rings. The minimum Gasteiger partial charge on any atom is -0.388 e. The lowest BCUT2D eigenvalue weighted by atomic mass is 9.98. The van der Waals surface area contributed by atoms with E-state index in [2.05, 4.69) is 30.0 Å². The van der Waals surface area contributed by atoms with Crippen LogP contribution in [0.4, 0.5) is 5.69 Å². The summed E-state index contributed by atoms with van der Waals surface area (Å²) in [5.74, 6) is 0. The van der Waals surface area contributed by atoms with E-state index >= 15 is 0 Å². The highest BCUT2D eigenvalue weighted by Gasteiger charge is 2.22. The van der Waals surface area contributed by atoms with Crippen molar-refractivity contribution in [1.82, 2.24) is 0 Å². The Hall–Kier alpha value is -1.02. The first-order chi connectivity index (χ1) is 9.33. The van der Waals surface area contributed by atoms with Crippen LogP contribution >= 0.6 is 0 Å². The van der Waals surface area contributed by atoms with E-state index in [1.54, 1.807) is 0 Å². The number of para-hydroxylation sites is 1. The number of hydrogen-bond acceptors (Lipinski definition) is 2. The Kier molecular flexibility index (Phi) is 5.71. The molecule has 1 aliphatic rings. The number of rotatable bonds is 7. The summed E-state index contributed by atoms with van der Waals surface area (Å²) in [7, 11) is 0. The summed E-state index contributed by atoms with van der Waals surface area (Å²) in [5, 5.41) is 10.0. The molecule has 1 aromatic rings. The highest BCUT2D eigenvalue weighted by molar-refractivity contribution is 5.56. The van der Waals surface area contributed by atoms with Gasteiger partial charge in [0.15, 0.2) is 0 Å². The molecule has 0 spiro atoms. The fourth-order valence-corrected chi connectivity index (χ4v) is 2.93. The van der Waals surface area contributed by atoms with Crippen LogP contribution < -0.4 is 4.90 Å². The van der Waals surface area contributed by atoms with Gasteiger partial charge in [-0.2, -0.15) is 0 Å². The lowest BCUT2D eigenvalue weighted by Gasteiger charge is -2.33. The van der Waals surface area contributed by atoms with Crippen molar-refractivity contribution in [3.63, 3.8) is 0 Å². The monoisotopic (exact) mass is 261 g/mol. The van der Waals surface area contributed by atoms with Gasteiger partial charge in [-0.15, -0.1) is 0 Å². The molecule has 0 amide bonds. The standard InChI is InChI=1S/C17H27NO/c1-2-3-4-5-6-9-13-18-14-12-17(19)15-10-7-8-11-16(15)18/h7-8,10-11,17,19H,2-6,9,12-14H2,1H3. The van der Waals surface area contributed by atoms with E-state index in [-0.39, 0.29) is 6.10 Å².